The summed E-state index contributed by atoms with van der Waals surface area (Å²) in [6, 6.07) is 6.06. The summed E-state index contributed by atoms with van der Waals surface area (Å²) < 4.78 is 10.5. The molecule has 0 saturated carbocycles. The van der Waals surface area contributed by atoms with E-state index in [1.807, 2.05) is 38.1 Å². The molecule has 1 aromatic rings. The predicted molar refractivity (Wildman–Crippen MR) is 63.0 cm³/mol. The van der Waals surface area contributed by atoms with Gasteiger partial charge in [0.1, 0.15) is 5.75 Å². The Morgan fingerprint density at radius 1 is 1.40 bits per heavy atom. The van der Waals surface area contributed by atoms with Crippen molar-refractivity contribution in [1.82, 2.24) is 0 Å². The Hall–Kier alpha value is -1.44. The predicted octanol–water partition coefficient (Wildman–Crippen LogP) is 3.40. The van der Waals surface area contributed by atoms with Crippen LogP contribution in [0.2, 0.25) is 0 Å². The van der Waals surface area contributed by atoms with Crippen LogP contribution in [0.5, 0.6) is 5.75 Å². The third kappa shape index (κ3) is 3.31. The highest BCUT2D eigenvalue weighted by Crippen LogP contribution is 2.19. The first kappa shape index (κ1) is 11.6. The molecular weight excluding hydrogens is 188 g/mol. The van der Waals surface area contributed by atoms with E-state index in [0.717, 1.165) is 17.1 Å². The molecule has 0 amide bonds. The summed E-state index contributed by atoms with van der Waals surface area (Å²) in [7, 11) is 1.68. The van der Waals surface area contributed by atoms with E-state index >= 15 is 0 Å². The molecule has 1 rings (SSSR count). The van der Waals surface area contributed by atoms with E-state index in [2.05, 4.69) is 6.92 Å². The van der Waals surface area contributed by atoms with Gasteiger partial charge in [0.25, 0.3) is 0 Å². The van der Waals surface area contributed by atoms with Crippen LogP contribution in [0.3, 0.4) is 0 Å². The average molecular weight is 206 g/mol. The molecule has 0 N–H and O–H groups in total. The molecule has 1 aromatic carbocycles. The Balaban J connectivity index is 2.93. The number of methoxy groups -OCH3 is 1. The molecule has 0 aromatic heterocycles. The van der Waals surface area contributed by atoms with Gasteiger partial charge in [-0.05, 0) is 50.1 Å². The minimum atomic E-state index is 0.700. The molecule has 0 fully saturated rings. The van der Waals surface area contributed by atoms with Crippen molar-refractivity contribution in [1.29, 1.82) is 0 Å². The molecular formula is C13H18O2. The minimum absolute atomic E-state index is 0.700. The maximum atomic E-state index is 5.42. The molecule has 0 aliphatic heterocycles. The van der Waals surface area contributed by atoms with E-state index in [-0.39, 0.29) is 0 Å². The van der Waals surface area contributed by atoms with E-state index < -0.39 is 0 Å². The van der Waals surface area contributed by atoms with Crippen LogP contribution in [-0.4, -0.2) is 13.7 Å². The van der Waals surface area contributed by atoms with Gasteiger partial charge in [0.15, 0.2) is 0 Å². The van der Waals surface area contributed by atoms with Crippen LogP contribution < -0.4 is 4.74 Å². The molecule has 0 unspecified atom stereocenters. The van der Waals surface area contributed by atoms with Crippen LogP contribution in [0.15, 0.2) is 24.0 Å². The van der Waals surface area contributed by atoms with Crippen molar-refractivity contribution in [3.8, 4) is 5.75 Å². The first-order valence-corrected chi connectivity index (χ1v) is 5.13. The van der Waals surface area contributed by atoms with E-state index in [4.69, 9.17) is 9.47 Å². The first-order chi connectivity index (χ1) is 7.17. The monoisotopic (exact) mass is 206 g/mol. The minimum Gasteiger partial charge on any atom is -0.501 e. The number of hydrogen-bond acceptors (Lipinski definition) is 2. The Bertz CT molecular complexity index is 354. The zero-order chi connectivity index (χ0) is 11.3. The number of allylic oxidation sites excluding steroid dienone is 1. The molecule has 2 heteroatoms. The molecule has 0 spiro atoms. The summed E-state index contributed by atoms with van der Waals surface area (Å²) >= 11 is 0. The fourth-order valence-electron chi connectivity index (χ4n) is 1.34. The van der Waals surface area contributed by atoms with Crippen LogP contribution in [0.1, 0.15) is 25.0 Å². The summed E-state index contributed by atoms with van der Waals surface area (Å²) in [6.07, 6.45) is 2.02. The van der Waals surface area contributed by atoms with E-state index in [1.165, 1.54) is 5.56 Å². The topological polar surface area (TPSA) is 18.5 Å². The van der Waals surface area contributed by atoms with Gasteiger partial charge in [-0.2, -0.15) is 0 Å². The number of rotatable bonds is 4. The summed E-state index contributed by atoms with van der Waals surface area (Å²) in [5.41, 5.74) is 2.36. The summed E-state index contributed by atoms with van der Waals surface area (Å²) in [5.74, 6) is 1.82. The van der Waals surface area contributed by atoms with Gasteiger partial charge >= 0.3 is 0 Å². The van der Waals surface area contributed by atoms with Crippen LogP contribution in [0, 0.1) is 6.92 Å². The second-order valence-electron chi connectivity index (χ2n) is 3.41. The zero-order valence-corrected chi connectivity index (χ0v) is 9.83. The second kappa shape index (κ2) is 5.44. The first-order valence-electron chi connectivity index (χ1n) is 5.13. The Kier molecular flexibility index (Phi) is 4.22. The molecule has 0 aliphatic rings. The van der Waals surface area contributed by atoms with Crippen molar-refractivity contribution < 1.29 is 9.47 Å². The van der Waals surface area contributed by atoms with Crippen LogP contribution in [-0.2, 0) is 4.74 Å². The molecule has 2 nitrogen and oxygen atoms in total. The Morgan fingerprint density at radius 2 is 2.13 bits per heavy atom. The Morgan fingerprint density at radius 3 is 2.67 bits per heavy atom. The lowest BCUT2D eigenvalue weighted by atomic mass is 10.1. The number of ether oxygens (including phenoxy) is 2. The largest absolute Gasteiger partial charge is 0.501 e. The molecule has 15 heavy (non-hydrogen) atoms. The van der Waals surface area contributed by atoms with Crippen molar-refractivity contribution >= 4 is 6.08 Å². The van der Waals surface area contributed by atoms with Gasteiger partial charge in [-0.1, -0.05) is 6.07 Å². The van der Waals surface area contributed by atoms with E-state index in [9.17, 15) is 0 Å². The fourth-order valence-corrected chi connectivity index (χ4v) is 1.34. The maximum absolute atomic E-state index is 5.42. The van der Waals surface area contributed by atoms with Gasteiger partial charge in [0, 0.05) is 0 Å². The molecule has 0 radical (unpaired) electrons. The van der Waals surface area contributed by atoms with Crippen molar-refractivity contribution in [3.05, 3.63) is 35.1 Å². The summed E-state index contributed by atoms with van der Waals surface area (Å²) in [4.78, 5) is 0. The van der Waals surface area contributed by atoms with Crippen molar-refractivity contribution in [2.45, 2.75) is 20.8 Å². The van der Waals surface area contributed by atoms with E-state index in [1.54, 1.807) is 7.11 Å². The number of aryl methyl sites for hydroxylation is 1. The number of hydrogen-bond donors (Lipinski definition) is 0. The van der Waals surface area contributed by atoms with Gasteiger partial charge in [-0.3, -0.25) is 0 Å². The summed E-state index contributed by atoms with van der Waals surface area (Å²) in [6.45, 7) is 6.69. The molecule has 0 heterocycles. The molecule has 0 bridgehead atoms. The highest BCUT2D eigenvalue weighted by molar-refractivity contribution is 5.56. The van der Waals surface area contributed by atoms with Crippen molar-refractivity contribution in [2.75, 3.05) is 13.7 Å². The molecule has 0 aliphatic carbocycles. The lowest BCUT2D eigenvalue weighted by molar-refractivity contribution is 0.297. The molecule has 82 valence electrons. The SMILES string of the molecule is CCOc1ccc(/C=C(\C)OC)c(C)c1. The van der Waals surface area contributed by atoms with Gasteiger partial charge < -0.3 is 9.47 Å². The second-order valence-corrected chi connectivity index (χ2v) is 3.41. The van der Waals surface area contributed by atoms with Crippen LogP contribution in [0.4, 0.5) is 0 Å². The van der Waals surface area contributed by atoms with Crippen molar-refractivity contribution in [3.63, 3.8) is 0 Å². The number of benzene rings is 1. The van der Waals surface area contributed by atoms with Crippen LogP contribution in [0.25, 0.3) is 6.08 Å². The quantitative estimate of drug-likeness (QED) is 0.703. The standard InChI is InChI=1S/C13H18O2/c1-5-15-13-7-6-12(10(2)8-13)9-11(3)14-4/h6-9H,5H2,1-4H3/b11-9+. The lowest BCUT2D eigenvalue weighted by Gasteiger charge is -2.07. The van der Waals surface area contributed by atoms with Gasteiger partial charge in [0.2, 0.25) is 0 Å². The molecule has 0 atom stereocenters. The molecule has 0 saturated heterocycles. The highest BCUT2D eigenvalue weighted by atomic mass is 16.5. The fraction of sp³-hybridized carbons (Fsp3) is 0.385. The van der Waals surface area contributed by atoms with Crippen molar-refractivity contribution in [2.24, 2.45) is 0 Å². The zero-order valence-electron chi connectivity index (χ0n) is 9.83. The maximum Gasteiger partial charge on any atom is 0.119 e. The normalized spacial score (nSPS) is 11.3. The van der Waals surface area contributed by atoms with E-state index in [0.29, 0.717) is 6.61 Å². The smallest absolute Gasteiger partial charge is 0.119 e. The highest BCUT2D eigenvalue weighted by Gasteiger charge is 1.99. The summed E-state index contributed by atoms with van der Waals surface area (Å²) in [5, 5.41) is 0. The third-order valence-corrected chi connectivity index (χ3v) is 2.23. The average Bonchev–Trinajstić information content (AvgIpc) is 2.22. The van der Waals surface area contributed by atoms with Gasteiger partial charge in [-0.15, -0.1) is 0 Å². The van der Waals surface area contributed by atoms with Gasteiger partial charge in [-0.25, -0.2) is 0 Å². The third-order valence-electron chi connectivity index (χ3n) is 2.23. The lowest BCUT2D eigenvalue weighted by Crippen LogP contribution is -1.92. The Labute approximate surface area is 91.5 Å². The van der Waals surface area contributed by atoms with Crippen LogP contribution >= 0.6 is 0 Å². The van der Waals surface area contributed by atoms with Gasteiger partial charge in [0.05, 0.1) is 19.5 Å².